The fraction of sp³-hybridized carbons (Fsp3) is 0.263. The molecule has 0 radical (unpaired) electrons. The van der Waals surface area contributed by atoms with Crippen LogP contribution in [0.15, 0.2) is 59.6 Å². The van der Waals surface area contributed by atoms with Crippen LogP contribution in [0.5, 0.6) is 0 Å². The van der Waals surface area contributed by atoms with Crippen LogP contribution in [-0.4, -0.2) is 31.9 Å². The highest BCUT2D eigenvalue weighted by Gasteiger charge is 2.34. The topological polar surface area (TPSA) is 40.6 Å². The van der Waals surface area contributed by atoms with E-state index in [0.717, 1.165) is 11.3 Å². The van der Waals surface area contributed by atoms with E-state index in [4.69, 9.17) is 23.2 Å². The number of aryl methyl sites for hydroxylation is 1. The molecule has 0 amide bonds. The lowest BCUT2D eigenvalue weighted by atomic mass is 10.1. The Balaban J connectivity index is 1.87. The highest BCUT2D eigenvalue weighted by molar-refractivity contribution is 7.89. The molecule has 138 valence electrons. The van der Waals surface area contributed by atoms with E-state index in [1.54, 1.807) is 12.1 Å². The Morgan fingerprint density at radius 2 is 1.77 bits per heavy atom. The van der Waals surface area contributed by atoms with E-state index in [1.807, 2.05) is 32.0 Å². The molecular weight excluding hydrogens is 391 g/mol. The first-order valence-corrected chi connectivity index (χ1v) is 10.4. The van der Waals surface area contributed by atoms with Gasteiger partial charge in [0.1, 0.15) is 0 Å². The van der Waals surface area contributed by atoms with Gasteiger partial charge in [-0.25, -0.2) is 8.42 Å². The first-order valence-electron chi connectivity index (χ1n) is 8.19. The van der Waals surface area contributed by atoms with Crippen LogP contribution in [0.4, 0.5) is 5.69 Å². The zero-order valence-electron chi connectivity index (χ0n) is 14.6. The zero-order valence-corrected chi connectivity index (χ0v) is 16.9. The minimum atomic E-state index is -3.66. The third-order valence-corrected chi connectivity index (χ3v) is 7.07. The molecule has 1 saturated heterocycles. The van der Waals surface area contributed by atoms with Crippen LogP contribution in [0.25, 0.3) is 0 Å². The molecule has 7 heteroatoms. The largest absolute Gasteiger partial charge is 0.361 e. The molecule has 0 saturated carbocycles. The third kappa shape index (κ3) is 3.56. The molecule has 3 rings (SSSR count). The molecule has 1 aliphatic heterocycles. The van der Waals surface area contributed by atoms with E-state index in [1.165, 1.54) is 16.4 Å². The van der Waals surface area contributed by atoms with Crippen molar-refractivity contribution in [2.24, 2.45) is 0 Å². The lowest BCUT2D eigenvalue weighted by Gasteiger charge is -2.42. The van der Waals surface area contributed by atoms with Crippen LogP contribution < -0.4 is 4.90 Å². The van der Waals surface area contributed by atoms with Crippen LogP contribution in [0.2, 0.25) is 10.0 Å². The molecule has 0 unspecified atom stereocenters. The van der Waals surface area contributed by atoms with Gasteiger partial charge in [0.25, 0.3) is 10.0 Å². The van der Waals surface area contributed by atoms with Crippen molar-refractivity contribution in [1.29, 1.82) is 0 Å². The number of nitrogens with zero attached hydrogens (tertiary/aromatic N) is 2. The molecule has 0 bridgehead atoms. The van der Waals surface area contributed by atoms with Crippen LogP contribution in [0, 0.1) is 6.92 Å². The number of halogens is 2. The highest BCUT2D eigenvalue weighted by Crippen LogP contribution is 2.31. The number of hydrogen-bond acceptors (Lipinski definition) is 3. The van der Waals surface area contributed by atoms with Gasteiger partial charge in [-0.2, -0.15) is 0 Å². The van der Waals surface area contributed by atoms with Gasteiger partial charge in [-0.1, -0.05) is 35.8 Å². The van der Waals surface area contributed by atoms with Crippen molar-refractivity contribution >= 4 is 38.9 Å². The fourth-order valence-corrected chi connectivity index (χ4v) is 4.85. The maximum Gasteiger partial charge on any atom is 0.264 e. The summed E-state index contributed by atoms with van der Waals surface area (Å²) in [6.07, 6.45) is 0. The molecule has 2 aromatic rings. The van der Waals surface area contributed by atoms with E-state index in [9.17, 15) is 8.42 Å². The van der Waals surface area contributed by atoms with Crippen molar-refractivity contribution in [2.45, 2.75) is 24.8 Å². The Bertz CT molecular complexity index is 943. The number of rotatable bonds is 3. The number of benzene rings is 2. The number of sulfonamides is 1. The van der Waals surface area contributed by atoms with Crippen molar-refractivity contribution in [3.63, 3.8) is 0 Å². The fourth-order valence-electron chi connectivity index (χ4n) is 3.01. The molecule has 0 spiro atoms. The van der Waals surface area contributed by atoms with Gasteiger partial charge in [-0.15, -0.1) is 0 Å². The number of piperazine rings is 1. The summed E-state index contributed by atoms with van der Waals surface area (Å²) in [6, 6.07) is 12.0. The van der Waals surface area contributed by atoms with Crippen molar-refractivity contribution in [2.75, 3.05) is 18.0 Å². The molecule has 1 fully saturated rings. The summed E-state index contributed by atoms with van der Waals surface area (Å²) in [5.41, 5.74) is 2.48. The lowest BCUT2D eigenvalue weighted by Crippen LogP contribution is -2.52. The van der Waals surface area contributed by atoms with Crippen LogP contribution in [0.3, 0.4) is 0 Å². The molecule has 0 aliphatic carbocycles. The lowest BCUT2D eigenvalue weighted by molar-refractivity contribution is 0.397. The minimum Gasteiger partial charge on any atom is -0.361 e. The van der Waals surface area contributed by atoms with Gasteiger partial charge in [-0.05, 0) is 55.8 Å². The van der Waals surface area contributed by atoms with E-state index >= 15 is 0 Å². The Hall–Kier alpha value is -1.69. The number of anilines is 1. The second-order valence-corrected chi connectivity index (χ2v) is 9.17. The van der Waals surface area contributed by atoms with Gasteiger partial charge in [0.2, 0.25) is 0 Å². The third-order valence-electron chi connectivity index (χ3n) is 4.56. The summed E-state index contributed by atoms with van der Waals surface area (Å²) in [5, 5.41) is 1.19. The maximum absolute atomic E-state index is 13.0. The van der Waals surface area contributed by atoms with Crippen LogP contribution in [-0.2, 0) is 10.0 Å². The summed E-state index contributed by atoms with van der Waals surface area (Å²) >= 11 is 12.1. The van der Waals surface area contributed by atoms with Gasteiger partial charge >= 0.3 is 0 Å². The van der Waals surface area contributed by atoms with Gasteiger partial charge in [0.15, 0.2) is 0 Å². The van der Waals surface area contributed by atoms with E-state index < -0.39 is 10.0 Å². The van der Waals surface area contributed by atoms with Crippen molar-refractivity contribution in [3.05, 3.63) is 70.3 Å². The number of hydrogen-bond donors (Lipinski definition) is 0. The summed E-state index contributed by atoms with van der Waals surface area (Å²) in [7, 11) is -3.66. The monoisotopic (exact) mass is 410 g/mol. The van der Waals surface area contributed by atoms with Gasteiger partial charge in [-0.3, -0.25) is 4.31 Å². The SMILES string of the molecule is C=C1CN(c2ccc(C)c(Cl)c2)[C@@H](C)CN1S(=O)(=O)c1ccc(Cl)cc1. The predicted octanol–water partition coefficient (Wildman–Crippen LogP) is 4.71. The standard InChI is InChI=1S/C19H20Cl2N2O2S/c1-13-4-7-17(10-19(13)21)22-11-15(3)23(12-14(22)2)26(24,25)18-8-5-16(20)6-9-18/h4-10,14H,3,11-12H2,1-2H3/t14-/m0/s1. The summed E-state index contributed by atoms with van der Waals surface area (Å²) in [6.45, 7) is 8.67. The van der Waals surface area contributed by atoms with E-state index in [-0.39, 0.29) is 10.9 Å². The van der Waals surface area contributed by atoms with E-state index in [2.05, 4.69) is 11.5 Å². The van der Waals surface area contributed by atoms with Crippen molar-refractivity contribution in [1.82, 2.24) is 4.31 Å². The molecule has 0 N–H and O–H groups in total. The summed E-state index contributed by atoms with van der Waals surface area (Å²) in [4.78, 5) is 2.32. The normalized spacial score (nSPS) is 18.3. The second kappa shape index (κ2) is 7.14. The molecule has 26 heavy (non-hydrogen) atoms. The maximum atomic E-state index is 13.0. The first-order chi connectivity index (χ1) is 12.2. The van der Waals surface area contributed by atoms with Crippen LogP contribution >= 0.6 is 23.2 Å². The smallest absolute Gasteiger partial charge is 0.264 e. The predicted molar refractivity (Wildman–Crippen MR) is 107 cm³/mol. The van der Waals surface area contributed by atoms with Crippen molar-refractivity contribution < 1.29 is 8.42 Å². The minimum absolute atomic E-state index is 0.0265. The molecule has 1 heterocycles. The van der Waals surface area contributed by atoms with Crippen molar-refractivity contribution in [3.8, 4) is 0 Å². The first kappa shape index (κ1) is 19.1. The Kier molecular flexibility index (Phi) is 5.24. The Morgan fingerprint density at radius 1 is 1.12 bits per heavy atom. The summed E-state index contributed by atoms with van der Waals surface area (Å²) < 4.78 is 27.3. The Morgan fingerprint density at radius 3 is 2.38 bits per heavy atom. The molecule has 1 atom stereocenters. The average molecular weight is 411 g/mol. The van der Waals surface area contributed by atoms with Gasteiger partial charge in [0.05, 0.1) is 18.0 Å². The Labute approximate surface area is 164 Å². The highest BCUT2D eigenvalue weighted by atomic mass is 35.5. The molecule has 2 aromatic carbocycles. The van der Waals surface area contributed by atoms with Gasteiger partial charge in [0, 0.05) is 27.5 Å². The molecular formula is C19H20Cl2N2O2S. The van der Waals surface area contributed by atoms with E-state index in [0.29, 0.717) is 28.8 Å². The second-order valence-electron chi connectivity index (χ2n) is 6.47. The molecule has 0 aromatic heterocycles. The average Bonchev–Trinajstić information content (AvgIpc) is 2.59. The summed E-state index contributed by atoms with van der Waals surface area (Å²) in [5.74, 6) is 0. The molecule has 4 nitrogen and oxygen atoms in total. The van der Waals surface area contributed by atoms with Crippen LogP contribution in [0.1, 0.15) is 12.5 Å². The quantitative estimate of drug-likeness (QED) is 0.734. The van der Waals surface area contributed by atoms with Gasteiger partial charge < -0.3 is 4.90 Å². The molecule has 1 aliphatic rings. The zero-order chi connectivity index (χ0) is 19.1.